The highest BCUT2D eigenvalue weighted by Crippen LogP contribution is 2.33. The fourth-order valence-corrected chi connectivity index (χ4v) is 5.33. The average Bonchev–Trinajstić information content (AvgIpc) is 3.31. The Labute approximate surface area is 239 Å². The van der Waals surface area contributed by atoms with E-state index in [1.165, 1.54) is 0 Å². The number of anilines is 1. The molecule has 3 amide bonds. The molecule has 0 saturated heterocycles. The van der Waals surface area contributed by atoms with E-state index in [1.807, 2.05) is 73.7 Å². The average molecular weight is 553 g/mol. The second-order valence-electron chi connectivity index (χ2n) is 11.3. The Balaban J connectivity index is 1.44. The van der Waals surface area contributed by atoms with E-state index in [1.54, 1.807) is 24.8 Å². The highest BCUT2D eigenvalue weighted by atomic mass is 16.3. The van der Waals surface area contributed by atoms with Gasteiger partial charge in [0.05, 0.1) is 12.1 Å². The Morgan fingerprint density at radius 1 is 1.05 bits per heavy atom. The second kappa shape index (κ2) is 11.6. The summed E-state index contributed by atoms with van der Waals surface area (Å²) in [7, 11) is 0. The first-order chi connectivity index (χ1) is 19.6. The molecule has 0 aliphatic carbocycles. The number of fused-ring (bicyclic) bond motifs is 2. The quantitative estimate of drug-likeness (QED) is 0.286. The molecular weight excluding hydrogens is 516 g/mol. The molecule has 1 aliphatic rings. The van der Waals surface area contributed by atoms with Gasteiger partial charge in [0.15, 0.2) is 0 Å². The number of para-hydroxylation sites is 1. The number of nitrogens with two attached hydrogens (primary N) is 1. The minimum atomic E-state index is -0.667. The Hall–Kier alpha value is -4.43. The highest BCUT2D eigenvalue weighted by Gasteiger charge is 2.32. The molecule has 0 saturated carbocycles. The number of rotatable bonds is 8. The molecule has 0 radical (unpaired) electrons. The number of benzene rings is 3. The summed E-state index contributed by atoms with van der Waals surface area (Å²) in [6.07, 6.45) is 1.31. The van der Waals surface area contributed by atoms with Gasteiger partial charge in [0.25, 0.3) is 5.91 Å². The fourth-order valence-electron chi connectivity index (χ4n) is 5.33. The van der Waals surface area contributed by atoms with Crippen LogP contribution in [0.15, 0.2) is 77.2 Å². The van der Waals surface area contributed by atoms with E-state index in [0.29, 0.717) is 48.4 Å². The Bertz CT molecular complexity index is 1600. The van der Waals surface area contributed by atoms with Gasteiger partial charge in [-0.15, -0.1) is 0 Å². The summed E-state index contributed by atoms with van der Waals surface area (Å²) in [5, 5.41) is 6.66. The summed E-state index contributed by atoms with van der Waals surface area (Å²) >= 11 is 0. The number of furan rings is 1. The van der Waals surface area contributed by atoms with Gasteiger partial charge in [-0.3, -0.25) is 14.4 Å². The molecule has 1 aliphatic heterocycles. The predicted octanol–water partition coefficient (Wildman–Crippen LogP) is 4.94. The normalized spacial score (nSPS) is 15.4. The van der Waals surface area contributed by atoms with E-state index < -0.39 is 11.6 Å². The lowest BCUT2D eigenvalue weighted by Crippen LogP contribution is -2.49. The van der Waals surface area contributed by atoms with Crippen molar-refractivity contribution in [3.05, 3.63) is 89.5 Å². The number of hydrogen-bond donors (Lipinski definition) is 3. The van der Waals surface area contributed by atoms with Crippen LogP contribution in [0.25, 0.3) is 22.3 Å². The molecule has 3 aromatic carbocycles. The van der Waals surface area contributed by atoms with E-state index >= 15 is 0 Å². The van der Waals surface area contributed by atoms with Crippen LogP contribution in [0.1, 0.15) is 55.1 Å². The lowest BCUT2D eigenvalue weighted by molar-refractivity contribution is -0.128. The summed E-state index contributed by atoms with van der Waals surface area (Å²) in [5.74, 6) is 0.0593. The van der Waals surface area contributed by atoms with Crippen LogP contribution in [-0.2, 0) is 22.6 Å². The Kier molecular flexibility index (Phi) is 7.94. The van der Waals surface area contributed by atoms with Crippen molar-refractivity contribution in [1.29, 1.82) is 0 Å². The Morgan fingerprint density at radius 2 is 1.80 bits per heavy atom. The predicted molar refractivity (Wildman–Crippen MR) is 160 cm³/mol. The van der Waals surface area contributed by atoms with Crippen LogP contribution < -0.4 is 21.3 Å². The van der Waals surface area contributed by atoms with Crippen molar-refractivity contribution >= 4 is 34.4 Å². The van der Waals surface area contributed by atoms with Crippen LogP contribution >= 0.6 is 0 Å². The molecule has 1 atom stereocenters. The van der Waals surface area contributed by atoms with Crippen LogP contribution in [0.2, 0.25) is 0 Å². The maximum atomic E-state index is 13.8. The Morgan fingerprint density at radius 3 is 2.59 bits per heavy atom. The number of carbonyl (C=O) groups excluding carboxylic acids is 3. The molecule has 1 aromatic heterocycles. The molecule has 5 rings (SSSR count). The topological polar surface area (TPSA) is 118 Å². The van der Waals surface area contributed by atoms with Crippen molar-refractivity contribution in [3.8, 4) is 11.3 Å². The molecule has 8 heteroatoms. The smallest absolute Gasteiger partial charge is 0.252 e. The van der Waals surface area contributed by atoms with Crippen molar-refractivity contribution in [3.63, 3.8) is 0 Å². The van der Waals surface area contributed by atoms with E-state index in [-0.39, 0.29) is 24.1 Å². The van der Waals surface area contributed by atoms with Crippen molar-refractivity contribution in [2.75, 3.05) is 11.4 Å². The van der Waals surface area contributed by atoms with Gasteiger partial charge in [0.2, 0.25) is 11.8 Å². The monoisotopic (exact) mass is 552 g/mol. The second-order valence-corrected chi connectivity index (χ2v) is 11.3. The van der Waals surface area contributed by atoms with Gasteiger partial charge >= 0.3 is 0 Å². The lowest BCUT2D eigenvalue weighted by atomic mass is 10.0. The van der Waals surface area contributed by atoms with Crippen molar-refractivity contribution in [1.82, 2.24) is 10.6 Å². The highest BCUT2D eigenvalue weighted by molar-refractivity contribution is 6.02. The number of carbonyl (C=O) groups is 3. The summed E-state index contributed by atoms with van der Waals surface area (Å²) in [5.41, 5.74) is 10.1. The van der Waals surface area contributed by atoms with Gasteiger partial charge in [-0.05, 0) is 75.1 Å². The number of nitrogens with zero attached hydrogens (tertiary/aromatic N) is 1. The van der Waals surface area contributed by atoms with Crippen LogP contribution in [0, 0.1) is 0 Å². The van der Waals surface area contributed by atoms with Gasteiger partial charge in [0, 0.05) is 35.1 Å². The molecule has 0 unspecified atom stereocenters. The van der Waals surface area contributed by atoms with Crippen LogP contribution in [-0.4, -0.2) is 35.8 Å². The van der Waals surface area contributed by atoms with Crippen LogP contribution in [0.3, 0.4) is 0 Å². The zero-order valence-corrected chi connectivity index (χ0v) is 23.7. The molecule has 0 spiro atoms. The molecule has 4 N–H and O–H groups in total. The van der Waals surface area contributed by atoms with E-state index in [0.717, 1.165) is 22.2 Å². The number of aryl methyl sites for hydroxylation is 1. The van der Waals surface area contributed by atoms with E-state index in [2.05, 4.69) is 10.6 Å². The molecule has 2 heterocycles. The zero-order valence-electron chi connectivity index (χ0n) is 23.7. The number of amides is 3. The van der Waals surface area contributed by atoms with Gasteiger partial charge in [-0.25, -0.2) is 0 Å². The zero-order chi connectivity index (χ0) is 29.1. The van der Waals surface area contributed by atoms with Gasteiger partial charge < -0.3 is 25.7 Å². The number of nitrogens with one attached hydrogen (secondary N) is 2. The molecule has 8 nitrogen and oxygen atoms in total. The molecule has 212 valence electrons. The van der Waals surface area contributed by atoms with Gasteiger partial charge in [-0.2, -0.15) is 0 Å². The summed E-state index contributed by atoms with van der Waals surface area (Å²) in [6, 6.07) is 22.3. The first-order valence-electron chi connectivity index (χ1n) is 14.0. The summed E-state index contributed by atoms with van der Waals surface area (Å²) in [4.78, 5) is 40.9. The SMILES string of the molecule is CCNC(=O)c1ccccc1-c1cc2cc(CN3C(=O)[C@H](NC(=O)CC(C)(C)N)CCc4ccccc43)ccc2o1. The van der Waals surface area contributed by atoms with Gasteiger partial charge in [-0.1, -0.05) is 42.5 Å². The van der Waals surface area contributed by atoms with Crippen molar-refractivity contribution < 1.29 is 18.8 Å². The standard InChI is InChI=1S/C33H36N4O4/c1-4-35-31(39)25-11-7-6-10-24(25)29-18-23-17-21(13-16-28(23)41-29)20-37-27-12-8-5-9-22(27)14-15-26(32(37)40)36-30(38)19-33(2,3)34/h5-13,16-18,26H,4,14-15,19-20,34H2,1-3H3,(H,35,39)(H,36,38)/t26-/m1/s1. The molecule has 0 fully saturated rings. The largest absolute Gasteiger partial charge is 0.456 e. The van der Waals surface area contributed by atoms with Gasteiger partial charge in [0.1, 0.15) is 17.4 Å². The lowest BCUT2D eigenvalue weighted by Gasteiger charge is -2.27. The van der Waals surface area contributed by atoms with E-state index in [9.17, 15) is 14.4 Å². The number of hydrogen-bond acceptors (Lipinski definition) is 5. The minimum Gasteiger partial charge on any atom is -0.456 e. The summed E-state index contributed by atoms with van der Waals surface area (Å²) in [6.45, 7) is 6.33. The molecule has 0 bridgehead atoms. The van der Waals surface area contributed by atoms with Crippen molar-refractivity contribution in [2.24, 2.45) is 5.73 Å². The first kappa shape index (κ1) is 28.1. The third-order valence-electron chi connectivity index (χ3n) is 7.20. The maximum absolute atomic E-state index is 13.8. The molecular formula is C33H36N4O4. The molecule has 41 heavy (non-hydrogen) atoms. The minimum absolute atomic E-state index is 0.131. The van der Waals surface area contributed by atoms with E-state index in [4.69, 9.17) is 10.2 Å². The van der Waals surface area contributed by atoms with Crippen LogP contribution in [0.4, 0.5) is 5.69 Å². The fraction of sp³-hybridized carbons (Fsp3) is 0.303. The maximum Gasteiger partial charge on any atom is 0.252 e. The third-order valence-corrected chi connectivity index (χ3v) is 7.20. The van der Waals surface area contributed by atoms with Crippen LogP contribution in [0.5, 0.6) is 0 Å². The summed E-state index contributed by atoms with van der Waals surface area (Å²) < 4.78 is 6.15. The molecule has 4 aromatic rings. The van der Waals surface area contributed by atoms with Crippen molar-refractivity contribution in [2.45, 2.75) is 58.2 Å². The third kappa shape index (κ3) is 6.33. The first-order valence-corrected chi connectivity index (χ1v) is 14.0.